The second-order valence-electron chi connectivity index (χ2n) is 3.71. The third-order valence-electron chi connectivity index (χ3n) is 2.38. The van der Waals surface area contributed by atoms with E-state index in [1.54, 1.807) is 11.0 Å². The number of hydrogen-bond acceptors (Lipinski definition) is 3. The van der Waals surface area contributed by atoms with E-state index in [0.29, 0.717) is 13.1 Å². The van der Waals surface area contributed by atoms with Crippen molar-refractivity contribution in [1.82, 2.24) is 4.90 Å². The van der Waals surface area contributed by atoms with Gasteiger partial charge in [0, 0.05) is 13.1 Å². The maximum Gasteiger partial charge on any atom is 0.258 e. The molecular formula is C13H17NO3. The molecule has 1 aromatic rings. The topological polar surface area (TPSA) is 60.8 Å². The highest BCUT2D eigenvalue weighted by molar-refractivity contribution is 5.97. The van der Waals surface area contributed by atoms with E-state index < -0.39 is 0 Å². The number of hydrogen-bond donors (Lipinski definition) is 2. The van der Waals surface area contributed by atoms with Gasteiger partial charge in [0.15, 0.2) is 11.5 Å². The number of rotatable bonds is 5. The van der Waals surface area contributed by atoms with Gasteiger partial charge in [-0.25, -0.2) is 0 Å². The van der Waals surface area contributed by atoms with Crippen molar-refractivity contribution in [3.63, 3.8) is 0 Å². The molecule has 0 aliphatic carbocycles. The SMILES string of the molecule is C=CCN(CCC)C(=O)c1cccc(O)c1O. The van der Waals surface area contributed by atoms with Crippen molar-refractivity contribution < 1.29 is 15.0 Å². The molecule has 0 fully saturated rings. The first-order valence-electron chi connectivity index (χ1n) is 5.53. The van der Waals surface area contributed by atoms with Crippen molar-refractivity contribution in [2.45, 2.75) is 13.3 Å². The van der Waals surface area contributed by atoms with Crippen LogP contribution in [0.25, 0.3) is 0 Å². The summed E-state index contributed by atoms with van der Waals surface area (Å²) in [6.45, 7) is 6.56. The molecule has 1 aromatic carbocycles. The minimum absolute atomic E-state index is 0.111. The van der Waals surface area contributed by atoms with Crippen LogP contribution in [0.3, 0.4) is 0 Å². The molecule has 0 aliphatic heterocycles. The lowest BCUT2D eigenvalue weighted by Gasteiger charge is -2.20. The maximum atomic E-state index is 12.1. The van der Waals surface area contributed by atoms with E-state index in [1.807, 2.05) is 6.92 Å². The zero-order chi connectivity index (χ0) is 12.8. The molecule has 4 heteroatoms. The molecule has 2 N–H and O–H groups in total. The van der Waals surface area contributed by atoms with E-state index in [4.69, 9.17) is 0 Å². The first-order valence-corrected chi connectivity index (χ1v) is 5.53. The van der Waals surface area contributed by atoms with Gasteiger partial charge in [-0.3, -0.25) is 4.79 Å². The fraction of sp³-hybridized carbons (Fsp3) is 0.308. The van der Waals surface area contributed by atoms with Gasteiger partial charge in [0.05, 0.1) is 5.56 Å². The molecule has 4 nitrogen and oxygen atoms in total. The summed E-state index contributed by atoms with van der Waals surface area (Å²) in [5.41, 5.74) is 0.111. The predicted octanol–water partition coefficient (Wildman–Crippen LogP) is 2.14. The molecule has 0 saturated carbocycles. The number of benzene rings is 1. The average Bonchev–Trinajstić information content (AvgIpc) is 2.31. The van der Waals surface area contributed by atoms with Gasteiger partial charge in [-0.1, -0.05) is 19.1 Å². The maximum absolute atomic E-state index is 12.1. The number of carbonyl (C=O) groups is 1. The van der Waals surface area contributed by atoms with Gasteiger partial charge in [0.1, 0.15) is 0 Å². The highest BCUT2D eigenvalue weighted by Crippen LogP contribution is 2.29. The van der Waals surface area contributed by atoms with E-state index >= 15 is 0 Å². The lowest BCUT2D eigenvalue weighted by Crippen LogP contribution is -2.31. The number of carbonyl (C=O) groups excluding carboxylic acids is 1. The Morgan fingerprint density at radius 3 is 2.76 bits per heavy atom. The highest BCUT2D eigenvalue weighted by atomic mass is 16.3. The van der Waals surface area contributed by atoms with Gasteiger partial charge in [-0.05, 0) is 18.6 Å². The first-order chi connectivity index (χ1) is 8.11. The van der Waals surface area contributed by atoms with Crippen LogP contribution >= 0.6 is 0 Å². The Bertz CT molecular complexity index is 415. The molecule has 0 saturated heterocycles. The van der Waals surface area contributed by atoms with Gasteiger partial charge in [0.25, 0.3) is 5.91 Å². The molecule has 0 atom stereocenters. The number of nitrogens with zero attached hydrogens (tertiary/aromatic N) is 1. The molecule has 17 heavy (non-hydrogen) atoms. The molecule has 0 bridgehead atoms. The first kappa shape index (κ1) is 13.1. The minimum Gasteiger partial charge on any atom is -0.504 e. The summed E-state index contributed by atoms with van der Waals surface area (Å²) in [5.74, 6) is -0.964. The summed E-state index contributed by atoms with van der Waals surface area (Å²) in [7, 11) is 0. The summed E-state index contributed by atoms with van der Waals surface area (Å²) in [5, 5.41) is 19.0. The number of para-hydroxylation sites is 1. The van der Waals surface area contributed by atoms with Crippen molar-refractivity contribution in [2.24, 2.45) is 0 Å². The Kier molecular flexibility index (Phi) is 4.57. The normalized spacial score (nSPS) is 9.94. The molecule has 0 spiro atoms. The molecule has 1 amide bonds. The van der Waals surface area contributed by atoms with Gasteiger partial charge in [-0.15, -0.1) is 6.58 Å². The Morgan fingerprint density at radius 1 is 1.47 bits per heavy atom. The molecule has 0 heterocycles. The Hall–Kier alpha value is -1.97. The zero-order valence-corrected chi connectivity index (χ0v) is 9.89. The van der Waals surface area contributed by atoms with Crippen molar-refractivity contribution in [1.29, 1.82) is 0 Å². The van der Waals surface area contributed by atoms with Crippen LogP contribution in [0.1, 0.15) is 23.7 Å². The predicted molar refractivity (Wildman–Crippen MR) is 66.2 cm³/mol. The van der Waals surface area contributed by atoms with Crippen LogP contribution in [0.4, 0.5) is 0 Å². The second-order valence-corrected chi connectivity index (χ2v) is 3.71. The lowest BCUT2D eigenvalue weighted by atomic mass is 10.1. The summed E-state index contributed by atoms with van der Waals surface area (Å²) in [6, 6.07) is 4.35. The van der Waals surface area contributed by atoms with Gasteiger partial charge in [-0.2, -0.15) is 0 Å². The number of amides is 1. The molecule has 0 unspecified atom stereocenters. The highest BCUT2D eigenvalue weighted by Gasteiger charge is 2.18. The van der Waals surface area contributed by atoms with Crippen LogP contribution in [0, 0.1) is 0 Å². The summed E-state index contributed by atoms with van der Waals surface area (Å²) in [4.78, 5) is 13.7. The Labute approximate surface area is 101 Å². The molecule has 92 valence electrons. The molecular weight excluding hydrogens is 218 g/mol. The van der Waals surface area contributed by atoms with Gasteiger partial charge in [0.2, 0.25) is 0 Å². The fourth-order valence-electron chi connectivity index (χ4n) is 1.58. The van der Waals surface area contributed by atoms with E-state index in [0.717, 1.165) is 6.42 Å². The molecule has 0 aliphatic rings. The van der Waals surface area contributed by atoms with Crippen LogP contribution in [0.2, 0.25) is 0 Å². The largest absolute Gasteiger partial charge is 0.504 e. The summed E-state index contributed by atoms with van der Waals surface area (Å²) < 4.78 is 0. The standard InChI is InChI=1S/C13H17NO3/c1-3-8-14(9-4-2)13(17)10-6-5-7-11(15)12(10)16/h3,5-7,15-16H,1,4,8-9H2,2H3. The van der Waals surface area contributed by atoms with Gasteiger partial charge >= 0.3 is 0 Å². The fourth-order valence-corrected chi connectivity index (χ4v) is 1.58. The van der Waals surface area contributed by atoms with Crippen LogP contribution < -0.4 is 0 Å². The lowest BCUT2D eigenvalue weighted by molar-refractivity contribution is 0.0770. The number of phenols is 2. The molecule has 1 rings (SSSR count). The monoisotopic (exact) mass is 235 g/mol. The average molecular weight is 235 g/mol. The molecule has 0 radical (unpaired) electrons. The second kappa shape index (κ2) is 5.94. The number of aromatic hydroxyl groups is 2. The smallest absolute Gasteiger partial charge is 0.258 e. The Balaban J connectivity index is 3.00. The third-order valence-corrected chi connectivity index (χ3v) is 2.38. The van der Waals surface area contributed by atoms with Crippen molar-refractivity contribution >= 4 is 5.91 Å². The van der Waals surface area contributed by atoms with Crippen LogP contribution in [-0.4, -0.2) is 34.1 Å². The number of phenolic OH excluding ortho intramolecular Hbond substituents is 2. The van der Waals surface area contributed by atoms with Crippen LogP contribution in [0.15, 0.2) is 30.9 Å². The zero-order valence-electron chi connectivity index (χ0n) is 9.89. The van der Waals surface area contributed by atoms with E-state index in [9.17, 15) is 15.0 Å². The van der Waals surface area contributed by atoms with Crippen molar-refractivity contribution in [3.8, 4) is 11.5 Å². The quantitative estimate of drug-likeness (QED) is 0.607. The summed E-state index contributed by atoms with van der Waals surface area (Å²) >= 11 is 0. The van der Waals surface area contributed by atoms with E-state index in [2.05, 4.69) is 6.58 Å². The Morgan fingerprint density at radius 2 is 2.18 bits per heavy atom. The summed E-state index contributed by atoms with van der Waals surface area (Å²) in [6.07, 6.45) is 2.45. The van der Waals surface area contributed by atoms with Crippen molar-refractivity contribution in [3.05, 3.63) is 36.4 Å². The van der Waals surface area contributed by atoms with Crippen LogP contribution in [0.5, 0.6) is 11.5 Å². The minimum atomic E-state index is -0.373. The molecule has 0 aromatic heterocycles. The third kappa shape index (κ3) is 3.00. The van der Waals surface area contributed by atoms with Crippen LogP contribution in [-0.2, 0) is 0 Å². The van der Waals surface area contributed by atoms with E-state index in [1.165, 1.54) is 18.2 Å². The van der Waals surface area contributed by atoms with Gasteiger partial charge < -0.3 is 15.1 Å². The van der Waals surface area contributed by atoms with Crippen molar-refractivity contribution in [2.75, 3.05) is 13.1 Å². The van der Waals surface area contributed by atoms with E-state index in [-0.39, 0.29) is 23.0 Å².